The highest BCUT2D eigenvalue weighted by atomic mass is 14.3. The Bertz CT molecular complexity index is 1150. The lowest BCUT2D eigenvalue weighted by Gasteiger charge is -2.26. The molecule has 3 aliphatic carbocycles. The lowest BCUT2D eigenvalue weighted by atomic mass is 9.78. The second-order valence-corrected chi connectivity index (χ2v) is 9.83. The molecule has 0 radical (unpaired) electrons. The van der Waals surface area contributed by atoms with Crippen molar-refractivity contribution >= 4 is 0 Å². The Hall–Kier alpha value is -3.12. The summed E-state index contributed by atoms with van der Waals surface area (Å²) in [5.74, 6) is 0.426. The summed E-state index contributed by atoms with van der Waals surface area (Å²) in [5, 5.41) is 0. The van der Waals surface area contributed by atoms with Gasteiger partial charge in [-0.3, -0.25) is 0 Å². The van der Waals surface area contributed by atoms with Crippen LogP contribution in [0.4, 0.5) is 0 Å². The summed E-state index contributed by atoms with van der Waals surface area (Å²) in [5.41, 5.74) is 10.2. The fourth-order valence-electron chi connectivity index (χ4n) is 5.41. The molecule has 0 aliphatic heterocycles. The molecule has 0 saturated carbocycles. The van der Waals surface area contributed by atoms with E-state index in [1.54, 1.807) is 0 Å². The number of aryl methyl sites for hydroxylation is 2. The number of hydrogen-bond donors (Lipinski definition) is 0. The minimum Gasteiger partial charge on any atom is -0.0836 e. The molecule has 0 fully saturated rings. The van der Waals surface area contributed by atoms with Crippen LogP contribution in [0.1, 0.15) is 55.2 Å². The first-order valence-corrected chi connectivity index (χ1v) is 13.2. The quantitative estimate of drug-likeness (QED) is 0.321. The van der Waals surface area contributed by atoms with Gasteiger partial charge in [-0.25, -0.2) is 0 Å². The molecule has 2 aromatic carbocycles. The minimum absolute atomic E-state index is 0.426. The van der Waals surface area contributed by atoms with E-state index < -0.39 is 0 Å². The van der Waals surface area contributed by atoms with Gasteiger partial charge in [0.25, 0.3) is 0 Å². The molecule has 0 bridgehead atoms. The molecule has 5 rings (SSSR count). The SMILES string of the molecule is C1=CC2C(C3=CCCC=C3)=CC=C(Cc3ccc(CCCCCCc4ccccc4)cc3)C2=C1. The Morgan fingerprint density at radius 3 is 2.12 bits per heavy atom. The summed E-state index contributed by atoms with van der Waals surface area (Å²) in [7, 11) is 0. The van der Waals surface area contributed by atoms with E-state index in [1.807, 2.05) is 0 Å². The van der Waals surface area contributed by atoms with E-state index >= 15 is 0 Å². The van der Waals surface area contributed by atoms with E-state index in [-0.39, 0.29) is 0 Å². The molecule has 0 amide bonds. The van der Waals surface area contributed by atoms with Crippen molar-refractivity contribution in [1.82, 2.24) is 0 Å². The third-order valence-corrected chi connectivity index (χ3v) is 7.35. The molecule has 0 heteroatoms. The topological polar surface area (TPSA) is 0 Å². The van der Waals surface area contributed by atoms with Gasteiger partial charge in [0.1, 0.15) is 0 Å². The standard InChI is InChI=1S/C34H36/c1(5-12-27-13-7-3-8-14-27)2-6-15-28-20-22-29(23-21-28)26-31-24-25-33(30-16-9-4-10-17-30)34-19-11-18-32(31)34/h3,7-9,11,13-14,16-25,34H,1-2,4-6,10,12,15,26H2. The van der Waals surface area contributed by atoms with E-state index in [0.29, 0.717) is 5.92 Å². The zero-order valence-corrected chi connectivity index (χ0v) is 20.3. The van der Waals surface area contributed by atoms with Crippen molar-refractivity contribution in [2.24, 2.45) is 5.92 Å². The molecule has 0 nitrogen and oxygen atoms in total. The Balaban J connectivity index is 1.11. The van der Waals surface area contributed by atoms with E-state index in [9.17, 15) is 0 Å². The predicted molar refractivity (Wildman–Crippen MR) is 146 cm³/mol. The van der Waals surface area contributed by atoms with Gasteiger partial charge in [0.05, 0.1) is 0 Å². The Labute approximate surface area is 205 Å². The average Bonchev–Trinajstić information content (AvgIpc) is 3.39. The first kappa shape index (κ1) is 22.7. The van der Waals surface area contributed by atoms with E-state index in [0.717, 1.165) is 12.8 Å². The highest BCUT2D eigenvalue weighted by Crippen LogP contribution is 2.40. The molecule has 3 aliphatic rings. The van der Waals surface area contributed by atoms with Gasteiger partial charge >= 0.3 is 0 Å². The van der Waals surface area contributed by atoms with Gasteiger partial charge in [0.2, 0.25) is 0 Å². The fraction of sp³-hybridized carbons (Fsp3) is 0.294. The number of unbranched alkanes of at least 4 members (excludes halogenated alkanes) is 3. The predicted octanol–water partition coefficient (Wildman–Crippen LogP) is 8.83. The lowest BCUT2D eigenvalue weighted by molar-refractivity contribution is 0.640. The number of rotatable bonds is 10. The molecular weight excluding hydrogens is 408 g/mol. The Morgan fingerprint density at radius 2 is 1.38 bits per heavy atom. The first-order valence-electron chi connectivity index (χ1n) is 13.2. The smallest absolute Gasteiger partial charge is 0.0281 e. The Morgan fingerprint density at radius 1 is 0.647 bits per heavy atom. The zero-order valence-electron chi connectivity index (χ0n) is 20.3. The van der Waals surface area contributed by atoms with Crippen molar-refractivity contribution in [3.63, 3.8) is 0 Å². The van der Waals surface area contributed by atoms with Crippen LogP contribution in [-0.4, -0.2) is 0 Å². The van der Waals surface area contributed by atoms with E-state index in [2.05, 4.69) is 103 Å². The number of hydrogen-bond acceptors (Lipinski definition) is 0. The van der Waals surface area contributed by atoms with Gasteiger partial charge < -0.3 is 0 Å². The van der Waals surface area contributed by atoms with Crippen molar-refractivity contribution in [1.29, 1.82) is 0 Å². The second kappa shape index (κ2) is 11.3. The molecule has 34 heavy (non-hydrogen) atoms. The molecule has 1 unspecified atom stereocenters. The normalized spacial score (nSPS) is 18.8. The first-order chi connectivity index (χ1) is 16.9. The van der Waals surface area contributed by atoms with Crippen LogP contribution in [0, 0.1) is 5.92 Å². The number of allylic oxidation sites excluding steroid dienone is 12. The van der Waals surface area contributed by atoms with Crippen molar-refractivity contribution in [3.8, 4) is 0 Å². The molecule has 0 saturated heterocycles. The Kier molecular flexibility index (Phi) is 7.56. The number of benzene rings is 2. The van der Waals surface area contributed by atoms with Gasteiger partial charge in [0, 0.05) is 5.92 Å². The van der Waals surface area contributed by atoms with Crippen molar-refractivity contribution in [3.05, 3.63) is 142 Å². The molecule has 0 heterocycles. The van der Waals surface area contributed by atoms with Crippen LogP contribution >= 0.6 is 0 Å². The van der Waals surface area contributed by atoms with Crippen LogP contribution in [0.3, 0.4) is 0 Å². The monoisotopic (exact) mass is 444 g/mol. The molecule has 0 aromatic heterocycles. The second-order valence-electron chi connectivity index (χ2n) is 9.83. The molecule has 1 atom stereocenters. The van der Waals surface area contributed by atoms with Gasteiger partial charge in [-0.2, -0.15) is 0 Å². The van der Waals surface area contributed by atoms with E-state index in [4.69, 9.17) is 0 Å². The summed E-state index contributed by atoms with van der Waals surface area (Å²) < 4.78 is 0. The highest BCUT2D eigenvalue weighted by Gasteiger charge is 2.26. The fourth-order valence-corrected chi connectivity index (χ4v) is 5.41. The van der Waals surface area contributed by atoms with Crippen LogP contribution in [0.2, 0.25) is 0 Å². The van der Waals surface area contributed by atoms with Gasteiger partial charge in [-0.05, 0) is 83.9 Å². The van der Waals surface area contributed by atoms with Crippen molar-refractivity contribution in [2.45, 2.75) is 57.8 Å². The number of fused-ring (bicyclic) bond motifs is 1. The van der Waals surface area contributed by atoms with Crippen molar-refractivity contribution in [2.75, 3.05) is 0 Å². The maximum absolute atomic E-state index is 2.40. The van der Waals surface area contributed by atoms with Crippen LogP contribution in [0.25, 0.3) is 0 Å². The molecule has 0 N–H and O–H groups in total. The molecule has 172 valence electrons. The van der Waals surface area contributed by atoms with Crippen LogP contribution in [0.5, 0.6) is 0 Å². The van der Waals surface area contributed by atoms with Gasteiger partial charge in [-0.1, -0.05) is 116 Å². The summed E-state index contributed by atoms with van der Waals surface area (Å²) in [4.78, 5) is 0. The third-order valence-electron chi connectivity index (χ3n) is 7.35. The summed E-state index contributed by atoms with van der Waals surface area (Å²) >= 11 is 0. The molecule has 2 aromatic rings. The maximum atomic E-state index is 2.40. The molecular formula is C34H36. The zero-order chi connectivity index (χ0) is 23.0. The van der Waals surface area contributed by atoms with Gasteiger partial charge in [-0.15, -0.1) is 0 Å². The summed E-state index contributed by atoms with van der Waals surface area (Å²) in [6.07, 6.45) is 29.7. The third kappa shape index (κ3) is 5.68. The van der Waals surface area contributed by atoms with Crippen LogP contribution in [-0.2, 0) is 19.3 Å². The largest absolute Gasteiger partial charge is 0.0836 e. The molecule has 0 spiro atoms. The lowest BCUT2D eigenvalue weighted by Crippen LogP contribution is -2.12. The summed E-state index contributed by atoms with van der Waals surface area (Å²) in [6.45, 7) is 0. The van der Waals surface area contributed by atoms with Gasteiger partial charge in [0.15, 0.2) is 0 Å². The van der Waals surface area contributed by atoms with Crippen LogP contribution in [0.15, 0.2) is 125 Å². The summed E-state index contributed by atoms with van der Waals surface area (Å²) in [6, 6.07) is 20.2. The van der Waals surface area contributed by atoms with Crippen molar-refractivity contribution < 1.29 is 0 Å². The average molecular weight is 445 g/mol. The highest BCUT2D eigenvalue weighted by molar-refractivity contribution is 5.60. The van der Waals surface area contributed by atoms with Crippen LogP contribution < -0.4 is 0 Å². The minimum atomic E-state index is 0.426. The maximum Gasteiger partial charge on any atom is 0.0281 e. The van der Waals surface area contributed by atoms with E-state index in [1.165, 1.54) is 83.9 Å².